The van der Waals surface area contributed by atoms with Crippen molar-refractivity contribution in [2.75, 3.05) is 11.9 Å². The zero-order valence-corrected chi connectivity index (χ0v) is 15.7. The first-order chi connectivity index (χ1) is 14.1. The molecule has 2 aromatic carbocycles. The smallest absolute Gasteiger partial charge is 0.256 e. The lowest BCUT2D eigenvalue weighted by molar-refractivity contribution is -0.119. The van der Waals surface area contributed by atoms with Gasteiger partial charge in [0.2, 0.25) is 5.91 Å². The van der Waals surface area contributed by atoms with E-state index >= 15 is 0 Å². The van der Waals surface area contributed by atoms with E-state index in [0.29, 0.717) is 24.2 Å². The van der Waals surface area contributed by atoms with E-state index in [0.717, 1.165) is 17.5 Å². The molecule has 1 N–H and O–H groups in total. The van der Waals surface area contributed by atoms with Crippen LogP contribution in [0.3, 0.4) is 0 Å². The minimum atomic E-state index is -0.509. The molecule has 5 nitrogen and oxygen atoms in total. The number of benzene rings is 2. The molecule has 2 amide bonds. The summed E-state index contributed by atoms with van der Waals surface area (Å²) in [6.07, 6.45) is 4.53. The molecular weight excluding hydrogens is 369 g/mol. The number of pyridine rings is 1. The topological polar surface area (TPSA) is 62.3 Å². The van der Waals surface area contributed by atoms with E-state index < -0.39 is 6.04 Å². The second-order valence-electron chi connectivity index (χ2n) is 6.98. The molecule has 3 aromatic rings. The van der Waals surface area contributed by atoms with Crippen molar-refractivity contribution in [1.82, 2.24) is 9.88 Å². The van der Waals surface area contributed by atoms with Crippen molar-refractivity contribution in [3.05, 3.63) is 84.4 Å². The second kappa shape index (κ2) is 8.22. The Hall–Kier alpha value is -3.54. The van der Waals surface area contributed by atoms with Crippen molar-refractivity contribution < 1.29 is 14.0 Å². The summed E-state index contributed by atoms with van der Waals surface area (Å²) < 4.78 is 13.4. The predicted octanol–water partition coefficient (Wildman–Crippen LogP) is 4.13. The minimum Gasteiger partial charge on any atom is -0.327 e. The summed E-state index contributed by atoms with van der Waals surface area (Å²) in [6.45, 7) is 0.546. The van der Waals surface area contributed by atoms with E-state index in [9.17, 15) is 14.0 Å². The zero-order valence-electron chi connectivity index (χ0n) is 15.7. The number of nitrogens with zero attached hydrogens (tertiary/aromatic N) is 2. The molecule has 1 aliphatic rings. The molecule has 0 spiro atoms. The van der Waals surface area contributed by atoms with Crippen molar-refractivity contribution >= 4 is 17.5 Å². The Bertz CT molecular complexity index is 1020. The number of rotatable bonds is 4. The zero-order chi connectivity index (χ0) is 20.2. The standard InChI is InChI=1S/C23H20FN3O2/c24-19-6-1-4-17(14-19)16-8-10-20(11-9-16)26-22(28)21-7-3-13-27(21)23(29)18-5-2-12-25-15-18/h1-2,4-6,8-12,14-15,21H,3,7,13H2,(H,26,28)/t21-/m1/s1. The molecule has 0 aliphatic carbocycles. The molecule has 2 heterocycles. The molecule has 1 atom stereocenters. The van der Waals surface area contributed by atoms with Crippen LogP contribution in [-0.4, -0.2) is 34.3 Å². The molecule has 1 aromatic heterocycles. The van der Waals surface area contributed by atoms with Crippen LogP contribution in [0, 0.1) is 5.82 Å². The molecule has 0 unspecified atom stereocenters. The molecule has 6 heteroatoms. The lowest BCUT2D eigenvalue weighted by Gasteiger charge is -2.24. The van der Waals surface area contributed by atoms with Crippen LogP contribution in [0.1, 0.15) is 23.2 Å². The third-order valence-corrected chi connectivity index (χ3v) is 5.04. The number of anilines is 1. The summed E-state index contributed by atoms with van der Waals surface area (Å²) in [4.78, 5) is 31.1. The van der Waals surface area contributed by atoms with Crippen LogP contribution in [0.2, 0.25) is 0 Å². The summed E-state index contributed by atoms with van der Waals surface area (Å²) in [7, 11) is 0. The van der Waals surface area contributed by atoms with E-state index in [4.69, 9.17) is 0 Å². The van der Waals surface area contributed by atoms with E-state index in [2.05, 4.69) is 10.3 Å². The molecule has 4 rings (SSSR count). The molecule has 1 saturated heterocycles. The molecule has 0 bridgehead atoms. The van der Waals surface area contributed by atoms with Crippen LogP contribution in [0.25, 0.3) is 11.1 Å². The Balaban J connectivity index is 1.45. The van der Waals surface area contributed by atoms with Gasteiger partial charge in [0.05, 0.1) is 5.56 Å². The Morgan fingerprint density at radius 2 is 1.86 bits per heavy atom. The Labute approximate surface area is 168 Å². The van der Waals surface area contributed by atoms with Gasteiger partial charge in [-0.25, -0.2) is 4.39 Å². The summed E-state index contributed by atoms with van der Waals surface area (Å²) in [6, 6.07) is 16.5. The van der Waals surface area contributed by atoms with Crippen LogP contribution in [0.15, 0.2) is 73.1 Å². The van der Waals surface area contributed by atoms with E-state index in [-0.39, 0.29) is 17.6 Å². The quantitative estimate of drug-likeness (QED) is 0.730. The van der Waals surface area contributed by atoms with Gasteiger partial charge in [-0.15, -0.1) is 0 Å². The Morgan fingerprint density at radius 3 is 2.59 bits per heavy atom. The highest BCUT2D eigenvalue weighted by atomic mass is 19.1. The maximum absolute atomic E-state index is 13.4. The maximum Gasteiger partial charge on any atom is 0.256 e. The fraction of sp³-hybridized carbons (Fsp3) is 0.174. The molecular formula is C23H20FN3O2. The lowest BCUT2D eigenvalue weighted by Crippen LogP contribution is -2.43. The molecule has 29 heavy (non-hydrogen) atoms. The van der Waals surface area contributed by atoms with Crippen molar-refractivity contribution in [2.45, 2.75) is 18.9 Å². The van der Waals surface area contributed by atoms with Crippen LogP contribution in [0.5, 0.6) is 0 Å². The first-order valence-corrected chi connectivity index (χ1v) is 9.50. The predicted molar refractivity (Wildman–Crippen MR) is 109 cm³/mol. The third kappa shape index (κ3) is 4.16. The minimum absolute atomic E-state index is 0.183. The van der Waals surface area contributed by atoms with Gasteiger partial charge in [0.15, 0.2) is 0 Å². The van der Waals surface area contributed by atoms with Gasteiger partial charge in [0.25, 0.3) is 5.91 Å². The fourth-order valence-corrected chi connectivity index (χ4v) is 3.58. The van der Waals surface area contributed by atoms with Crippen molar-refractivity contribution in [3.8, 4) is 11.1 Å². The van der Waals surface area contributed by atoms with Gasteiger partial charge >= 0.3 is 0 Å². The highest BCUT2D eigenvalue weighted by Crippen LogP contribution is 2.24. The van der Waals surface area contributed by atoms with Gasteiger partial charge in [-0.2, -0.15) is 0 Å². The van der Waals surface area contributed by atoms with Crippen LogP contribution < -0.4 is 5.32 Å². The number of amides is 2. The molecule has 146 valence electrons. The number of nitrogens with one attached hydrogen (secondary N) is 1. The van der Waals surface area contributed by atoms with Crippen molar-refractivity contribution in [1.29, 1.82) is 0 Å². The highest BCUT2D eigenvalue weighted by molar-refractivity contribution is 6.01. The maximum atomic E-state index is 13.4. The highest BCUT2D eigenvalue weighted by Gasteiger charge is 2.34. The first kappa shape index (κ1) is 18.8. The largest absolute Gasteiger partial charge is 0.327 e. The molecule has 0 saturated carbocycles. The number of likely N-dealkylation sites (tertiary alicyclic amines) is 1. The van der Waals surface area contributed by atoms with Gasteiger partial charge in [-0.3, -0.25) is 14.6 Å². The monoisotopic (exact) mass is 389 g/mol. The van der Waals surface area contributed by atoms with Crippen molar-refractivity contribution in [3.63, 3.8) is 0 Å². The Morgan fingerprint density at radius 1 is 1.03 bits per heavy atom. The average molecular weight is 389 g/mol. The first-order valence-electron chi connectivity index (χ1n) is 9.50. The average Bonchev–Trinajstić information content (AvgIpc) is 3.24. The van der Waals surface area contributed by atoms with Gasteiger partial charge < -0.3 is 10.2 Å². The summed E-state index contributed by atoms with van der Waals surface area (Å²) in [5, 5.41) is 2.89. The summed E-state index contributed by atoms with van der Waals surface area (Å²) in [5.74, 6) is -0.685. The normalized spacial score (nSPS) is 15.9. The number of hydrogen-bond acceptors (Lipinski definition) is 3. The van der Waals surface area contributed by atoms with Gasteiger partial charge in [-0.05, 0) is 60.4 Å². The number of carbonyl (C=O) groups excluding carboxylic acids is 2. The number of aromatic nitrogens is 1. The Kier molecular flexibility index (Phi) is 5.33. The SMILES string of the molecule is O=C(Nc1ccc(-c2cccc(F)c2)cc1)[C@H]1CCCN1C(=O)c1cccnc1. The lowest BCUT2D eigenvalue weighted by atomic mass is 10.1. The molecule has 1 fully saturated rings. The van der Waals surface area contributed by atoms with Gasteiger partial charge in [0, 0.05) is 24.6 Å². The van der Waals surface area contributed by atoms with Gasteiger partial charge in [-0.1, -0.05) is 24.3 Å². The van der Waals surface area contributed by atoms with Gasteiger partial charge in [0.1, 0.15) is 11.9 Å². The molecule has 0 radical (unpaired) electrons. The van der Waals surface area contributed by atoms with Crippen LogP contribution in [0.4, 0.5) is 10.1 Å². The van der Waals surface area contributed by atoms with E-state index in [1.807, 2.05) is 18.2 Å². The van der Waals surface area contributed by atoms with E-state index in [1.54, 1.807) is 41.4 Å². The number of halogens is 1. The number of hydrogen-bond donors (Lipinski definition) is 1. The van der Waals surface area contributed by atoms with Crippen molar-refractivity contribution in [2.24, 2.45) is 0 Å². The molecule has 1 aliphatic heterocycles. The fourth-order valence-electron chi connectivity index (χ4n) is 3.58. The van der Waals surface area contributed by atoms with E-state index in [1.165, 1.54) is 18.3 Å². The summed E-state index contributed by atoms with van der Waals surface area (Å²) >= 11 is 0. The second-order valence-corrected chi connectivity index (χ2v) is 6.98. The third-order valence-electron chi connectivity index (χ3n) is 5.04. The number of carbonyl (C=O) groups is 2. The van der Waals surface area contributed by atoms with Crippen LogP contribution >= 0.6 is 0 Å². The van der Waals surface area contributed by atoms with Crippen LogP contribution in [-0.2, 0) is 4.79 Å². The summed E-state index contributed by atoms with van der Waals surface area (Å²) in [5.41, 5.74) is 2.74.